The maximum absolute atomic E-state index is 11.8. The van der Waals surface area contributed by atoms with Crippen molar-refractivity contribution in [2.75, 3.05) is 7.05 Å². The zero-order valence-corrected chi connectivity index (χ0v) is 11.4. The van der Waals surface area contributed by atoms with Crippen molar-refractivity contribution in [1.29, 1.82) is 0 Å². The maximum Gasteiger partial charge on any atom is 0.240 e. The van der Waals surface area contributed by atoms with Gasteiger partial charge in [0.2, 0.25) is 10.0 Å². The summed E-state index contributed by atoms with van der Waals surface area (Å²) < 4.78 is 25.9. The molecule has 0 atom stereocenters. The highest BCUT2D eigenvalue weighted by Crippen LogP contribution is 2.14. The van der Waals surface area contributed by atoms with E-state index in [0.29, 0.717) is 5.56 Å². The molecule has 4 nitrogen and oxygen atoms in total. The van der Waals surface area contributed by atoms with Crippen molar-refractivity contribution >= 4 is 16.2 Å². The monoisotopic (exact) mass is 254 g/mol. The summed E-state index contributed by atoms with van der Waals surface area (Å²) in [4.78, 5) is 4.56. The molecule has 0 fully saturated rings. The lowest BCUT2D eigenvalue weighted by atomic mass is 10.1. The highest BCUT2D eigenvalue weighted by atomic mass is 32.2. The average Bonchev–Trinajstić information content (AvgIpc) is 2.26. The van der Waals surface area contributed by atoms with Crippen LogP contribution in [0, 0.1) is 0 Å². The molecule has 0 bridgehead atoms. The molecule has 0 spiro atoms. The fourth-order valence-corrected chi connectivity index (χ4v) is 2.11. The van der Waals surface area contributed by atoms with Gasteiger partial charge in [0, 0.05) is 11.8 Å². The van der Waals surface area contributed by atoms with E-state index in [2.05, 4.69) is 9.71 Å². The Morgan fingerprint density at radius 3 is 2.35 bits per heavy atom. The predicted octanol–water partition coefficient (Wildman–Crippen LogP) is 1.81. The molecule has 94 valence electrons. The van der Waals surface area contributed by atoms with E-state index in [1.54, 1.807) is 30.5 Å². The molecule has 17 heavy (non-hydrogen) atoms. The van der Waals surface area contributed by atoms with Gasteiger partial charge in [-0.05, 0) is 33.9 Å². The predicted molar refractivity (Wildman–Crippen MR) is 70.0 cm³/mol. The molecule has 1 rings (SSSR count). The standard InChI is InChI=1S/C12H18N2O2S/c1-12(2,3)14-9-10-7-5-6-8-11(10)17(15,16)13-4/h5-9,13H,1-4H3/b14-9+. The summed E-state index contributed by atoms with van der Waals surface area (Å²) in [6.07, 6.45) is 1.60. The van der Waals surface area contributed by atoms with Crippen LogP contribution in [0.3, 0.4) is 0 Å². The first-order valence-corrected chi connectivity index (χ1v) is 6.82. The van der Waals surface area contributed by atoms with Gasteiger partial charge in [0.1, 0.15) is 0 Å². The largest absolute Gasteiger partial charge is 0.287 e. The van der Waals surface area contributed by atoms with E-state index in [9.17, 15) is 8.42 Å². The number of hydrogen-bond donors (Lipinski definition) is 1. The fourth-order valence-electron chi connectivity index (χ4n) is 1.21. The molecule has 0 aliphatic rings. The summed E-state index contributed by atoms with van der Waals surface area (Å²) in [6.45, 7) is 5.87. The first kappa shape index (κ1) is 13.9. The van der Waals surface area contributed by atoms with Gasteiger partial charge in [-0.25, -0.2) is 13.1 Å². The van der Waals surface area contributed by atoms with Gasteiger partial charge in [0.25, 0.3) is 0 Å². The van der Waals surface area contributed by atoms with Crippen LogP contribution in [0.1, 0.15) is 26.3 Å². The molecule has 0 saturated heterocycles. The molecule has 0 saturated carbocycles. The molecule has 5 heteroatoms. The van der Waals surface area contributed by atoms with Crippen LogP contribution >= 0.6 is 0 Å². The van der Waals surface area contributed by atoms with Gasteiger partial charge in [-0.15, -0.1) is 0 Å². The lowest BCUT2D eigenvalue weighted by molar-refractivity contribution is 0.584. The Labute approximate surface area is 103 Å². The number of rotatable bonds is 3. The zero-order valence-electron chi connectivity index (χ0n) is 10.6. The SMILES string of the molecule is CNS(=O)(=O)c1ccccc1/C=N/C(C)(C)C. The Kier molecular flexibility index (Phi) is 4.06. The van der Waals surface area contributed by atoms with Crippen molar-refractivity contribution in [3.63, 3.8) is 0 Å². The Morgan fingerprint density at radius 2 is 1.82 bits per heavy atom. The number of aliphatic imine (C=N–C) groups is 1. The van der Waals surface area contributed by atoms with Gasteiger partial charge in [0.05, 0.1) is 10.4 Å². The van der Waals surface area contributed by atoms with Gasteiger partial charge in [-0.3, -0.25) is 4.99 Å². The average molecular weight is 254 g/mol. The first-order chi connectivity index (χ1) is 7.76. The Bertz CT molecular complexity index is 514. The molecule has 0 heterocycles. The molecule has 0 aliphatic heterocycles. The number of nitrogens with zero attached hydrogens (tertiary/aromatic N) is 1. The number of sulfonamides is 1. The topological polar surface area (TPSA) is 58.5 Å². The van der Waals surface area contributed by atoms with Crippen molar-refractivity contribution in [2.24, 2.45) is 4.99 Å². The summed E-state index contributed by atoms with van der Waals surface area (Å²) in [6, 6.07) is 6.78. The number of hydrogen-bond acceptors (Lipinski definition) is 3. The normalized spacial score (nSPS) is 13.2. The minimum absolute atomic E-state index is 0.226. The van der Waals surface area contributed by atoms with E-state index in [0.717, 1.165) is 0 Å². The quantitative estimate of drug-likeness (QED) is 0.836. The van der Waals surface area contributed by atoms with Crippen LogP contribution in [0.4, 0.5) is 0 Å². The van der Waals surface area contributed by atoms with Crippen LogP contribution in [0.15, 0.2) is 34.2 Å². The van der Waals surface area contributed by atoms with Gasteiger partial charge in [-0.2, -0.15) is 0 Å². The van der Waals surface area contributed by atoms with Crippen LogP contribution in [0.5, 0.6) is 0 Å². The van der Waals surface area contributed by atoms with Gasteiger partial charge >= 0.3 is 0 Å². The minimum atomic E-state index is -3.44. The Hall–Kier alpha value is -1.20. The molecule has 1 N–H and O–H groups in total. The molecule has 0 radical (unpaired) electrons. The second kappa shape index (κ2) is 4.98. The summed E-state index contributed by atoms with van der Waals surface area (Å²) in [7, 11) is -2.04. The van der Waals surface area contributed by atoms with E-state index in [1.807, 2.05) is 20.8 Å². The van der Waals surface area contributed by atoms with E-state index in [1.165, 1.54) is 7.05 Å². The van der Waals surface area contributed by atoms with E-state index in [4.69, 9.17) is 0 Å². The van der Waals surface area contributed by atoms with Crippen molar-refractivity contribution in [3.05, 3.63) is 29.8 Å². The van der Waals surface area contributed by atoms with E-state index in [-0.39, 0.29) is 10.4 Å². The van der Waals surface area contributed by atoms with Crippen LogP contribution in [-0.4, -0.2) is 27.2 Å². The van der Waals surface area contributed by atoms with Gasteiger partial charge in [-0.1, -0.05) is 18.2 Å². The molecular formula is C12H18N2O2S. The van der Waals surface area contributed by atoms with E-state index < -0.39 is 10.0 Å². The van der Waals surface area contributed by atoms with Crippen LogP contribution < -0.4 is 4.72 Å². The summed E-state index contributed by atoms with van der Waals surface area (Å²) in [5.41, 5.74) is 0.369. The van der Waals surface area contributed by atoms with Crippen molar-refractivity contribution in [1.82, 2.24) is 4.72 Å². The van der Waals surface area contributed by atoms with Gasteiger partial charge < -0.3 is 0 Å². The number of nitrogens with one attached hydrogen (secondary N) is 1. The highest BCUT2D eigenvalue weighted by molar-refractivity contribution is 7.89. The minimum Gasteiger partial charge on any atom is -0.287 e. The summed E-state index contributed by atoms with van der Waals surface area (Å²) in [5.74, 6) is 0. The van der Waals surface area contributed by atoms with Crippen molar-refractivity contribution in [3.8, 4) is 0 Å². The first-order valence-electron chi connectivity index (χ1n) is 5.34. The number of benzene rings is 1. The lowest BCUT2D eigenvalue weighted by Crippen LogP contribution is -2.20. The Balaban J connectivity index is 3.23. The molecule has 1 aromatic carbocycles. The molecule has 0 aromatic heterocycles. The third kappa shape index (κ3) is 3.94. The summed E-state index contributed by atoms with van der Waals surface area (Å²) in [5, 5.41) is 0. The summed E-state index contributed by atoms with van der Waals surface area (Å²) >= 11 is 0. The zero-order chi connectivity index (χ0) is 13.1. The van der Waals surface area contributed by atoms with Crippen molar-refractivity contribution < 1.29 is 8.42 Å². The Morgan fingerprint density at radius 1 is 1.24 bits per heavy atom. The van der Waals surface area contributed by atoms with Crippen LogP contribution in [0.25, 0.3) is 0 Å². The molecular weight excluding hydrogens is 236 g/mol. The third-order valence-electron chi connectivity index (χ3n) is 2.07. The third-order valence-corrected chi connectivity index (χ3v) is 3.56. The second-order valence-electron chi connectivity index (χ2n) is 4.67. The van der Waals surface area contributed by atoms with Crippen LogP contribution in [0.2, 0.25) is 0 Å². The molecule has 0 aliphatic carbocycles. The lowest BCUT2D eigenvalue weighted by Gasteiger charge is -2.12. The molecule has 0 unspecified atom stereocenters. The van der Waals surface area contributed by atoms with Crippen LogP contribution in [-0.2, 0) is 10.0 Å². The highest BCUT2D eigenvalue weighted by Gasteiger charge is 2.15. The molecule has 0 amide bonds. The van der Waals surface area contributed by atoms with Crippen molar-refractivity contribution in [2.45, 2.75) is 31.2 Å². The van der Waals surface area contributed by atoms with E-state index >= 15 is 0 Å². The second-order valence-corrected chi connectivity index (χ2v) is 6.53. The fraction of sp³-hybridized carbons (Fsp3) is 0.417. The molecule has 1 aromatic rings. The smallest absolute Gasteiger partial charge is 0.240 e. The van der Waals surface area contributed by atoms with Gasteiger partial charge in [0.15, 0.2) is 0 Å². The maximum atomic E-state index is 11.8.